The number of esters is 1. The van der Waals surface area contributed by atoms with Crippen molar-refractivity contribution in [2.45, 2.75) is 19.2 Å². The number of halogens is 4. The maximum Gasteiger partial charge on any atom is 0.420 e. The standard InChI is InChI=1S/C11H10BrF3O4/c1-2-19-10(18)9(17)6-3-5(12)4-7(8(6)16)11(13,14)15/h3-4,9,16-17H,2H2,1H3. The highest BCUT2D eigenvalue weighted by molar-refractivity contribution is 9.10. The predicted octanol–water partition coefficient (Wildman–Crippen LogP) is 2.77. The fourth-order valence-electron chi connectivity index (χ4n) is 1.39. The van der Waals surface area contributed by atoms with E-state index in [4.69, 9.17) is 0 Å². The van der Waals surface area contributed by atoms with Gasteiger partial charge in [0.2, 0.25) is 0 Å². The number of aliphatic hydroxyl groups excluding tert-OH is 1. The second-order valence-electron chi connectivity index (χ2n) is 3.54. The minimum atomic E-state index is -4.81. The number of hydrogen-bond donors (Lipinski definition) is 2. The van der Waals surface area contributed by atoms with Gasteiger partial charge in [-0.2, -0.15) is 13.2 Å². The van der Waals surface area contributed by atoms with Crippen molar-refractivity contribution >= 4 is 21.9 Å². The van der Waals surface area contributed by atoms with Crippen LogP contribution in [0.3, 0.4) is 0 Å². The molecule has 4 nitrogen and oxygen atoms in total. The highest BCUT2D eigenvalue weighted by atomic mass is 79.9. The van der Waals surface area contributed by atoms with E-state index in [-0.39, 0.29) is 11.1 Å². The molecular weight excluding hydrogens is 333 g/mol. The van der Waals surface area contributed by atoms with Gasteiger partial charge in [-0.25, -0.2) is 4.79 Å². The summed E-state index contributed by atoms with van der Waals surface area (Å²) in [5, 5.41) is 19.1. The van der Waals surface area contributed by atoms with Crippen molar-refractivity contribution in [2.24, 2.45) is 0 Å². The largest absolute Gasteiger partial charge is 0.507 e. The molecule has 0 amide bonds. The van der Waals surface area contributed by atoms with E-state index in [0.29, 0.717) is 6.07 Å². The summed E-state index contributed by atoms with van der Waals surface area (Å²) in [6, 6.07) is 1.67. The lowest BCUT2D eigenvalue weighted by atomic mass is 10.0. The summed E-state index contributed by atoms with van der Waals surface area (Å²) in [6.07, 6.45) is -6.80. The van der Waals surface area contributed by atoms with Gasteiger partial charge in [0.25, 0.3) is 0 Å². The first-order chi connectivity index (χ1) is 8.68. The summed E-state index contributed by atoms with van der Waals surface area (Å²) in [6.45, 7) is 1.43. The van der Waals surface area contributed by atoms with Crippen LogP contribution < -0.4 is 0 Å². The van der Waals surface area contributed by atoms with Crippen molar-refractivity contribution in [3.05, 3.63) is 27.7 Å². The fraction of sp³-hybridized carbons (Fsp3) is 0.364. The molecule has 0 radical (unpaired) electrons. The monoisotopic (exact) mass is 342 g/mol. The van der Waals surface area contributed by atoms with Crippen LogP contribution in [-0.2, 0) is 15.7 Å². The number of benzene rings is 1. The molecule has 19 heavy (non-hydrogen) atoms. The quantitative estimate of drug-likeness (QED) is 0.829. The molecule has 1 unspecified atom stereocenters. The molecule has 0 saturated heterocycles. The Labute approximate surface area is 114 Å². The molecule has 1 aromatic rings. The minimum Gasteiger partial charge on any atom is -0.507 e. The van der Waals surface area contributed by atoms with Gasteiger partial charge in [-0.15, -0.1) is 0 Å². The smallest absolute Gasteiger partial charge is 0.420 e. The van der Waals surface area contributed by atoms with Crippen LogP contribution in [0.15, 0.2) is 16.6 Å². The summed E-state index contributed by atoms with van der Waals surface area (Å²) in [7, 11) is 0. The van der Waals surface area contributed by atoms with Gasteiger partial charge in [0.15, 0.2) is 6.10 Å². The van der Waals surface area contributed by atoms with Crippen molar-refractivity contribution < 1.29 is 32.9 Å². The van der Waals surface area contributed by atoms with Crippen LogP contribution in [0.5, 0.6) is 5.75 Å². The predicted molar refractivity (Wildman–Crippen MR) is 62.4 cm³/mol. The van der Waals surface area contributed by atoms with Crippen molar-refractivity contribution in [3.63, 3.8) is 0 Å². The molecule has 0 aliphatic rings. The van der Waals surface area contributed by atoms with E-state index in [1.165, 1.54) is 6.92 Å². The van der Waals surface area contributed by atoms with Gasteiger partial charge in [-0.3, -0.25) is 0 Å². The molecule has 0 spiro atoms. The van der Waals surface area contributed by atoms with Crippen molar-refractivity contribution in [1.82, 2.24) is 0 Å². The van der Waals surface area contributed by atoms with Crippen LogP contribution >= 0.6 is 15.9 Å². The van der Waals surface area contributed by atoms with Crippen molar-refractivity contribution in [2.75, 3.05) is 6.61 Å². The third kappa shape index (κ3) is 3.60. The maximum atomic E-state index is 12.6. The molecule has 0 heterocycles. The van der Waals surface area contributed by atoms with Gasteiger partial charge < -0.3 is 14.9 Å². The first-order valence-electron chi connectivity index (χ1n) is 5.12. The van der Waals surface area contributed by atoms with Crippen molar-refractivity contribution in [3.8, 4) is 5.75 Å². The van der Waals surface area contributed by atoms with Gasteiger partial charge in [0.05, 0.1) is 12.2 Å². The number of phenols is 1. The highest BCUT2D eigenvalue weighted by Crippen LogP contribution is 2.41. The van der Waals surface area contributed by atoms with Crippen LogP contribution in [0, 0.1) is 0 Å². The van der Waals surface area contributed by atoms with Gasteiger partial charge in [0, 0.05) is 10.0 Å². The number of aliphatic hydroxyl groups is 1. The molecule has 0 bridgehead atoms. The van der Waals surface area contributed by atoms with E-state index in [9.17, 15) is 28.2 Å². The van der Waals surface area contributed by atoms with E-state index in [2.05, 4.69) is 20.7 Å². The Balaban J connectivity index is 3.29. The van der Waals surface area contributed by atoms with Crippen molar-refractivity contribution in [1.29, 1.82) is 0 Å². The van der Waals surface area contributed by atoms with E-state index in [1.54, 1.807) is 0 Å². The summed E-state index contributed by atoms with van der Waals surface area (Å²) in [5.74, 6) is -2.33. The topological polar surface area (TPSA) is 66.8 Å². The second-order valence-corrected chi connectivity index (χ2v) is 4.46. The third-order valence-electron chi connectivity index (χ3n) is 2.21. The number of aromatic hydroxyl groups is 1. The molecule has 0 fully saturated rings. The average Bonchev–Trinajstić information content (AvgIpc) is 2.29. The average molecular weight is 343 g/mol. The van der Waals surface area contributed by atoms with Gasteiger partial charge in [0.1, 0.15) is 5.75 Å². The molecule has 1 rings (SSSR count). The Morgan fingerprint density at radius 3 is 2.53 bits per heavy atom. The van der Waals surface area contributed by atoms with Crippen LogP contribution in [0.4, 0.5) is 13.2 Å². The lowest BCUT2D eigenvalue weighted by molar-refractivity contribution is -0.153. The summed E-state index contributed by atoms with van der Waals surface area (Å²) < 4.78 is 42.4. The van der Waals surface area contributed by atoms with E-state index in [0.717, 1.165) is 6.07 Å². The van der Waals surface area contributed by atoms with E-state index >= 15 is 0 Å². The molecule has 0 aliphatic carbocycles. The zero-order chi connectivity index (χ0) is 14.8. The van der Waals surface area contributed by atoms with Crippen LogP contribution in [0.2, 0.25) is 0 Å². The lowest BCUT2D eigenvalue weighted by Gasteiger charge is -2.16. The van der Waals surface area contributed by atoms with Crippen LogP contribution in [-0.4, -0.2) is 22.8 Å². The van der Waals surface area contributed by atoms with Gasteiger partial charge in [-0.1, -0.05) is 15.9 Å². The lowest BCUT2D eigenvalue weighted by Crippen LogP contribution is -2.17. The second kappa shape index (κ2) is 5.79. The molecule has 0 aromatic heterocycles. The molecule has 0 aliphatic heterocycles. The SMILES string of the molecule is CCOC(=O)C(O)c1cc(Br)cc(C(F)(F)F)c1O. The van der Waals surface area contributed by atoms with Gasteiger partial charge >= 0.3 is 12.1 Å². The number of ether oxygens (including phenoxy) is 1. The number of rotatable bonds is 3. The van der Waals surface area contributed by atoms with Crippen LogP contribution in [0.1, 0.15) is 24.2 Å². The number of carbonyl (C=O) groups is 1. The normalized spacial score (nSPS) is 13.2. The first kappa shape index (κ1) is 15.8. The fourth-order valence-corrected chi connectivity index (χ4v) is 1.87. The Morgan fingerprint density at radius 1 is 1.47 bits per heavy atom. The molecule has 1 aromatic carbocycles. The Morgan fingerprint density at radius 2 is 2.05 bits per heavy atom. The first-order valence-corrected chi connectivity index (χ1v) is 5.92. The summed E-state index contributed by atoms with van der Waals surface area (Å²) in [5.41, 5.74) is -1.92. The number of hydrogen-bond acceptors (Lipinski definition) is 4. The summed E-state index contributed by atoms with van der Waals surface area (Å²) >= 11 is 2.82. The summed E-state index contributed by atoms with van der Waals surface area (Å²) in [4.78, 5) is 11.3. The molecule has 2 N–H and O–H groups in total. The van der Waals surface area contributed by atoms with E-state index in [1.807, 2.05) is 0 Å². The molecule has 1 atom stereocenters. The molecule has 0 saturated carbocycles. The number of carbonyl (C=O) groups excluding carboxylic acids is 1. The molecular formula is C11H10BrF3O4. The maximum absolute atomic E-state index is 12.6. The zero-order valence-corrected chi connectivity index (χ0v) is 11.2. The highest BCUT2D eigenvalue weighted by Gasteiger charge is 2.37. The Kier molecular flexibility index (Phi) is 4.81. The van der Waals surface area contributed by atoms with E-state index < -0.39 is 35.1 Å². The van der Waals surface area contributed by atoms with Crippen LogP contribution in [0.25, 0.3) is 0 Å². The molecule has 106 valence electrons. The third-order valence-corrected chi connectivity index (χ3v) is 2.67. The molecule has 8 heteroatoms. The zero-order valence-electron chi connectivity index (χ0n) is 9.66. The Hall–Kier alpha value is -1.28. The van der Waals surface area contributed by atoms with Gasteiger partial charge in [-0.05, 0) is 19.1 Å². The number of alkyl halides is 3. The minimum absolute atomic E-state index is 0.0315. The Bertz CT molecular complexity index is 488. The number of phenolic OH excluding ortho intramolecular Hbond substituents is 1.